The summed E-state index contributed by atoms with van der Waals surface area (Å²) in [5, 5.41) is 4.78. The Balaban J connectivity index is 2.30. The van der Waals surface area contributed by atoms with Crippen molar-refractivity contribution in [1.82, 2.24) is 5.32 Å². The van der Waals surface area contributed by atoms with Crippen LogP contribution in [0.25, 0.3) is 0 Å². The molecule has 0 atom stereocenters. The summed E-state index contributed by atoms with van der Waals surface area (Å²) in [7, 11) is -0.340. The quantitative estimate of drug-likeness (QED) is 0.922. The topological polar surface area (TPSA) is 49.4 Å². The van der Waals surface area contributed by atoms with Crippen LogP contribution in [0.2, 0.25) is 0 Å². The highest BCUT2D eigenvalue weighted by Gasteiger charge is 2.23. The van der Waals surface area contributed by atoms with Gasteiger partial charge in [0.2, 0.25) is 0 Å². The van der Waals surface area contributed by atoms with Gasteiger partial charge >= 0.3 is 0 Å². The lowest BCUT2D eigenvalue weighted by Crippen LogP contribution is -2.25. The van der Waals surface area contributed by atoms with E-state index in [0.717, 1.165) is 9.87 Å². The normalized spacial score (nSPS) is 11.6. The van der Waals surface area contributed by atoms with Gasteiger partial charge in [0.25, 0.3) is 10.0 Å². The fourth-order valence-corrected chi connectivity index (χ4v) is 4.28. The Morgan fingerprint density at radius 2 is 1.95 bits per heavy atom. The minimum absolute atomic E-state index is 0.273. The van der Waals surface area contributed by atoms with Gasteiger partial charge in [-0.1, -0.05) is 0 Å². The molecule has 7 heteroatoms. The number of sulfonamides is 1. The fraction of sp³-hybridized carbons (Fsp3) is 0.231. The van der Waals surface area contributed by atoms with Gasteiger partial charge in [-0.05, 0) is 48.3 Å². The summed E-state index contributed by atoms with van der Waals surface area (Å²) < 4.78 is 39.2. The molecule has 0 amide bonds. The molecule has 2 rings (SSSR count). The summed E-state index contributed by atoms with van der Waals surface area (Å²) in [4.78, 5) is 0. The van der Waals surface area contributed by atoms with Crippen LogP contribution < -0.4 is 9.62 Å². The largest absolute Gasteiger partial charge is 0.316 e. The molecule has 0 aliphatic heterocycles. The summed E-state index contributed by atoms with van der Waals surface area (Å²) in [5.41, 5.74) is 1.35. The lowest BCUT2D eigenvalue weighted by atomic mass is 10.3. The Morgan fingerprint density at radius 3 is 2.55 bits per heavy atom. The van der Waals surface area contributed by atoms with Gasteiger partial charge in [0.1, 0.15) is 10.0 Å². The number of hydrogen-bond donors (Lipinski definition) is 1. The van der Waals surface area contributed by atoms with E-state index in [2.05, 4.69) is 5.32 Å². The number of thiophene rings is 1. The molecule has 0 unspecified atom stereocenters. The zero-order valence-corrected chi connectivity index (χ0v) is 12.8. The van der Waals surface area contributed by atoms with Crippen LogP contribution in [0.3, 0.4) is 0 Å². The summed E-state index contributed by atoms with van der Waals surface area (Å²) in [6, 6.07) is 7.00. The number of nitrogens with one attached hydrogen (secondary N) is 1. The Bertz CT molecular complexity index is 681. The second-order valence-corrected chi connectivity index (χ2v) is 7.36. The summed E-state index contributed by atoms with van der Waals surface area (Å²) >= 11 is 1.18. The van der Waals surface area contributed by atoms with Crippen LogP contribution in [0, 0.1) is 5.82 Å². The maximum Gasteiger partial charge on any atom is 0.273 e. The van der Waals surface area contributed by atoms with Gasteiger partial charge in [0.05, 0.1) is 5.69 Å². The van der Waals surface area contributed by atoms with Crippen molar-refractivity contribution >= 4 is 27.0 Å². The third kappa shape index (κ3) is 3.00. The lowest BCUT2D eigenvalue weighted by molar-refractivity contribution is 0.596. The molecule has 0 aliphatic rings. The second-order valence-electron chi connectivity index (χ2n) is 4.25. The van der Waals surface area contributed by atoms with Gasteiger partial charge in [0.15, 0.2) is 0 Å². The second kappa shape index (κ2) is 5.90. The van der Waals surface area contributed by atoms with Crippen LogP contribution >= 0.6 is 11.3 Å². The molecule has 0 fully saturated rings. The van der Waals surface area contributed by atoms with Gasteiger partial charge < -0.3 is 5.32 Å². The lowest BCUT2D eigenvalue weighted by Gasteiger charge is -2.18. The molecule has 1 aromatic heterocycles. The highest BCUT2D eigenvalue weighted by molar-refractivity contribution is 7.94. The molecule has 0 saturated carbocycles. The molecule has 2 aromatic rings. The molecule has 1 heterocycles. The molecular formula is C13H15FN2O2S2. The van der Waals surface area contributed by atoms with Crippen molar-refractivity contribution in [2.75, 3.05) is 18.4 Å². The first-order chi connectivity index (χ1) is 9.45. The zero-order chi connectivity index (χ0) is 14.8. The fourth-order valence-electron chi connectivity index (χ4n) is 1.71. The van der Waals surface area contributed by atoms with Crippen LogP contribution in [0.4, 0.5) is 10.1 Å². The number of hydrogen-bond acceptors (Lipinski definition) is 4. The van der Waals surface area contributed by atoms with E-state index in [4.69, 9.17) is 0 Å². The van der Waals surface area contributed by atoms with E-state index in [9.17, 15) is 12.8 Å². The van der Waals surface area contributed by atoms with Crippen molar-refractivity contribution in [2.45, 2.75) is 10.8 Å². The van der Waals surface area contributed by atoms with Crippen molar-refractivity contribution in [3.8, 4) is 0 Å². The van der Waals surface area contributed by atoms with Crippen molar-refractivity contribution in [2.24, 2.45) is 0 Å². The minimum Gasteiger partial charge on any atom is -0.316 e. The third-order valence-corrected chi connectivity index (χ3v) is 6.07. The van der Waals surface area contributed by atoms with Crippen molar-refractivity contribution in [3.05, 3.63) is 47.1 Å². The highest BCUT2D eigenvalue weighted by Crippen LogP contribution is 2.27. The molecular weight excluding hydrogens is 299 g/mol. The molecule has 20 heavy (non-hydrogen) atoms. The van der Waals surface area contributed by atoms with Gasteiger partial charge in [0, 0.05) is 13.6 Å². The number of halogens is 1. The maximum absolute atomic E-state index is 12.9. The monoisotopic (exact) mass is 314 g/mol. The van der Waals surface area contributed by atoms with E-state index in [0.29, 0.717) is 12.2 Å². The summed E-state index contributed by atoms with van der Waals surface area (Å²) in [5.74, 6) is -0.396. The maximum atomic E-state index is 12.9. The van der Waals surface area contributed by atoms with Crippen molar-refractivity contribution < 1.29 is 12.8 Å². The van der Waals surface area contributed by atoms with E-state index >= 15 is 0 Å². The first-order valence-electron chi connectivity index (χ1n) is 5.91. The summed E-state index contributed by atoms with van der Waals surface area (Å²) in [6.45, 7) is 0.617. The Morgan fingerprint density at radius 1 is 1.30 bits per heavy atom. The van der Waals surface area contributed by atoms with Crippen LogP contribution in [0.5, 0.6) is 0 Å². The molecule has 4 nitrogen and oxygen atoms in total. The van der Waals surface area contributed by atoms with Gasteiger partial charge in [-0.2, -0.15) is 0 Å². The molecule has 1 aromatic carbocycles. The zero-order valence-electron chi connectivity index (χ0n) is 11.1. The Hall–Kier alpha value is -1.44. The number of anilines is 1. The van der Waals surface area contributed by atoms with E-state index in [1.807, 2.05) is 5.38 Å². The SMILES string of the molecule is CNCc1csc(S(=O)(=O)N(C)c2ccc(F)cc2)c1. The molecule has 0 radical (unpaired) electrons. The average molecular weight is 314 g/mol. The predicted octanol–water partition coefficient (Wildman–Crippen LogP) is 2.43. The number of benzene rings is 1. The van der Waals surface area contributed by atoms with Gasteiger partial charge in [-0.15, -0.1) is 11.3 Å². The van der Waals surface area contributed by atoms with Gasteiger partial charge in [-0.3, -0.25) is 4.31 Å². The Kier molecular flexibility index (Phi) is 4.42. The number of nitrogens with zero attached hydrogens (tertiary/aromatic N) is 1. The molecule has 0 saturated heterocycles. The van der Waals surface area contributed by atoms with E-state index in [-0.39, 0.29) is 4.21 Å². The van der Waals surface area contributed by atoms with Crippen molar-refractivity contribution in [1.29, 1.82) is 0 Å². The van der Waals surface area contributed by atoms with E-state index in [1.54, 1.807) is 13.1 Å². The van der Waals surface area contributed by atoms with Crippen LogP contribution in [0.15, 0.2) is 39.9 Å². The van der Waals surface area contributed by atoms with Crippen LogP contribution in [-0.4, -0.2) is 22.5 Å². The first kappa shape index (κ1) is 15.0. The third-order valence-electron chi connectivity index (χ3n) is 2.82. The van der Waals surface area contributed by atoms with Crippen molar-refractivity contribution in [3.63, 3.8) is 0 Å². The van der Waals surface area contributed by atoms with E-state index in [1.165, 1.54) is 42.6 Å². The molecule has 0 aliphatic carbocycles. The Labute approximate surface area is 121 Å². The minimum atomic E-state index is -3.60. The molecule has 0 bridgehead atoms. The van der Waals surface area contributed by atoms with Crippen LogP contribution in [-0.2, 0) is 16.6 Å². The average Bonchev–Trinajstić information content (AvgIpc) is 2.88. The highest BCUT2D eigenvalue weighted by atomic mass is 32.2. The predicted molar refractivity (Wildman–Crippen MR) is 79.1 cm³/mol. The standard InChI is InChI=1S/C13H15FN2O2S2/c1-15-8-10-7-13(19-9-10)20(17,18)16(2)12-5-3-11(14)4-6-12/h3-7,9,15H,8H2,1-2H3. The first-order valence-corrected chi connectivity index (χ1v) is 8.23. The molecule has 108 valence electrons. The number of rotatable bonds is 5. The van der Waals surface area contributed by atoms with Gasteiger partial charge in [-0.25, -0.2) is 12.8 Å². The summed E-state index contributed by atoms with van der Waals surface area (Å²) in [6.07, 6.45) is 0. The molecule has 0 spiro atoms. The smallest absolute Gasteiger partial charge is 0.273 e. The van der Waals surface area contributed by atoms with Crippen LogP contribution in [0.1, 0.15) is 5.56 Å². The molecule has 1 N–H and O–H groups in total. The van der Waals surface area contributed by atoms with E-state index < -0.39 is 15.8 Å².